The number of hydrogen-bond donors (Lipinski definition) is 0. The van der Waals surface area contributed by atoms with E-state index in [1.54, 1.807) is 0 Å². The van der Waals surface area contributed by atoms with Crippen LogP contribution in [0.25, 0.3) is 0 Å². The molecule has 0 spiro atoms. The number of cyclic esters (lactones) is 1. The minimum atomic E-state index is -0.314. The molecule has 1 aliphatic rings. The van der Waals surface area contributed by atoms with Gasteiger partial charge < -0.3 is 4.74 Å². The average Bonchev–Trinajstić information content (AvgIpc) is 2.12. The van der Waals surface area contributed by atoms with Crippen LogP contribution in [0.1, 0.15) is 26.7 Å². The van der Waals surface area contributed by atoms with Gasteiger partial charge in [0, 0.05) is 12.8 Å². The smallest absolute Gasteiger partial charge is 0.306 e. The van der Waals surface area contributed by atoms with Crippen molar-refractivity contribution < 1.29 is 9.53 Å². The van der Waals surface area contributed by atoms with E-state index in [2.05, 4.69) is 0 Å². The molecule has 0 aromatic carbocycles. The SMILES string of the molecule is C/C=C/C1(C)CCC(=O)O1. The first-order valence-electron chi connectivity index (χ1n) is 3.52. The lowest BCUT2D eigenvalue weighted by molar-refractivity contribution is -0.144. The fourth-order valence-electron chi connectivity index (χ4n) is 1.18. The maximum absolute atomic E-state index is 10.7. The van der Waals surface area contributed by atoms with Crippen molar-refractivity contribution in [1.82, 2.24) is 0 Å². The summed E-state index contributed by atoms with van der Waals surface area (Å²) in [6, 6.07) is 0. The predicted octanol–water partition coefficient (Wildman–Crippen LogP) is 1.66. The summed E-state index contributed by atoms with van der Waals surface area (Å²) in [5.74, 6) is -0.0828. The van der Waals surface area contributed by atoms with Crippen LogP contribution in [0.5, 0.6) is 0 Å². The molecule has 0 N–H and O–H groups in total. The molecular weight excluding hydrogens is 128 g/mol. The van der Waals surface area contributed by atoms with Gasteiger partial charge in [0.1, 0.15) is 5.60 Å². The first kappa shape index (κ1) is 7.32. The molecule has 0 aromatic rings. The zero-order valence-electron chi connectivity index (χ0n) is 6.39. The maximum atomic E-state index is 10.7. The number of esters is 1. The third-order valence-corrected chi connectivity index (χ3v) is 1.69. The second-order valence-corrected chi connectivity index (χ2v) is 2.79. The van der Waals surface area contributed by atoms with Crippen molar-refractivity contribution in [3.8, 4) is 0 Å². The van der Waals surface area contributed by atoms with E-state index in [9.17, 15) is 4.79 Å². The van der Waals surface area contributed by atoms with E-state index in [1.807, 2.05) is 26.0 Å². The third kappa shape index (κ3) is 1.38. The van der Waals surface area contributed by atoms with Gasteiger partial charge in [-0.1, -0.05) is 6.08 Å². The molecular formula is C8H12O2. The Hall–Kier alpha value is -0.790. The first-order valence-corrected chi connectivity index (χ1v) is 3.52. The molecule has 1 aliphatic heterocycles. The highest BCUT2D eigenvalue weighted by molar-refractivity contribution is 5.72. The van der Waals surface area contributed by atoms with Crippen molar-refractivity contribution in [3.63, 3.8) is 0 Å². The molecule has 2 nitrogen and oxygen atoms in total. The molecule has 0 saturated carbocycles. The molecule has 0 bridgehead atoms. The molecule has 0 aromatic heterocycles. The minimum absolute atomic E-state index is 0.0828. The molecule has 1 unspecified atom stereocenters. The average molecular weight is 140 g/mol. The van der Waals surface area contributed by atoms with Gasteiger partial charge >= 0.3 is 5.97 Å². The molecule has 1 heterocycles. The number of carbonyl (C=O) groups excluding carboxylic acids is 1. The number of allylic oxidation sites excluding steroid dienone is 1. The standard InChI is InChI=1S/C8H12O2/c1-3-5-8(2)6-4-7(9)10-8/h3,5H,4,6H2,1-2H3/b5-3+. The van der Waals surface area contributed by atoms with Gasteiger partial charge in [-0.15, -0.1) is 0 Å². The van der Waals surface area contributed by atoms with Gasteiger partial charge in [0.05, 0.1) is 0 Å². The van der Waals surface area contributed by atoms with Gasteiger partial charge in [0.2, 0.25) is 0 Å². The Morgan fingerprint density at radius 2 is 2.40 bits per heavy atom. The van der Waals surface area contributed by atoms with Crippen LogP contribution in [0.15, 0.2) is 12.2 Å². The number of rotatable bonds is 1. The van der Waals surface area contributed by atoms with Gasteiger partial charge in [-0.2, -0.15) is 0 Å². The summed E-state index contributed by atoms with van der Waals surface area (Å²) in [7, 11) is 0. The Balaban J connectivity index is 2.63. The Kier molecular flexibility index (Phi) is 1.79. The lowest BCUT2D eigenvalue weighted by atomic mass is 10.0. The molecule has 2 heteroatoms. The van der Waals surface area contributed by atoms with Crippen LogP contribution in [0.2, 0.25) is 0 Å². The van der Waals surface area contributed by atoms with Crippen LogP contribution in [0, 0.1) is 0 Å². The van der Waals surface area contributed by atoms with Gasteiger partial charge in [-0.3, -0.25) is 4.79 Å². The number of ether oxygens (including phenoxy) is 1. The summed E-state index contributed by atoms with van der Waals surface area (Å²) in [6.07, 6.45) is 5.22. The highest BCUT2D eigenvalue weighted by Gasteiger charge is 2.32. The van der Waals surface area contributed by atoms with Crippen LogP contribution in [-0.2, 0) is 9.53 Å². The largest absolute Gasteiger partial charge is 0.455 e. The van der Waals surface area contributed by atoms with Gasteiger partial charge in [0.15, 0.2) is 0 Å². The van der Waals surface area contributed by atoms with Crippen LogP contribution < -0.4 is 0 Å². The second-order valence-electron chi connectivity index (χ2n) is 2.79. The fraction of sp³-hybridized carbons (Fsp3) is 0.625. The van der Waals surface area contributed by atoms with E-state index >= 15 is 0 Å². The lowest BCUT2D eigenvalue weighted by Gasteiger charge is -2.16. The third-order valence-electron chi connectivity index (χ3n) is 1.69. The summed E-state index contributed by atoms with van der Waals surface area (Å²) in [6.45, 7) is 3.86. The lowest BCUT2D eigenvalue weighted by Crippen LogP contribution is -2.19. The molecule has 0 amide bonds. The van der Waals surface area contributed by atoms with Crippen LogP contribution in [-0.4, -0.2) is 11.6 Å². The molecule has 0 aliphatic carbocycles. The first-order chi connectivity index (χ1) is 4.66. The monoisotopic (exact) mass is 140 g/mol. The molecule has 56 valence electrons. The summed E-state index contributed by atoms with van der Waals surface area (Å²) in [5.41, 5.74) is -0.314. The maximum Gasteiger partial charge on any atom is 0.306 e. The number of carbonyl (C=O) groups is 1. The minimum Gasteiger partial charge on any atom is -0.455 e. The summed E-state index contributed by atoms with van der Waals surface area (Å²) >= 11 is 0. The summed E-state index contributed by atoms with van der Waals surface area (Å²) < 4.78 is 5.06. The molecule has 1 rings (SSSR count). The molecule has 1 fully saturated rings. The van der Waals surface area contributed by atoms with E-state index in [-0.39, 0.29) is 11.6 Å². The quantitative estimate of drug-likeness (QED) is 0.409. The Labute approximate surface area is 60.9 Å². The van der Waals surface area contributed by atoms with Crippen molar-refractivity contribution in [3.05, 3.63) is 12.2 Å². The van der Waals surface area contributed by atoms with Crippen LogP contribution in [0.3, 0.4) is 0 Å². The zero-order valence-corrected chi connectivity index (χ0v) is 6.39. The van der Waals surface area contributed by atoms with E-state index in [1.165, 1.54) is 0 Å². The number of hydrogen-bond acceptors (Lipinski definition) is 2. The van der Waals surface area contributed by atoms with Gasteiger partial charge in [0.25, 0.3) is 0 Å². The van der Waals surface area contributed by atoms with Crippen molar-refractivity contribution >= 4 is 5.97 Å². The Bertz CT molecular complexity index is 172. The van der Waals surface area contributed by atoms with Crippen molar-refractivity contribution in [2.75, 3.05) is 0 Å². The van der Waals surface area contributed by atoms with Crippen molar-refractivity contribution in [2.24, 2.45) is 0 Å². The fourth-order valence-corrected chi connectivity index (χ4v) is 1.18. The molecule has 1 atom stereocenters. The van der Waals surface area contributed by atoms with E-state index in [4.69, 9.17) is 4.74 Å². The van der Waals surface area contributed by atoms with E-state index in [0.717, 1.165) is 6.42 Å². The second kappa shape index (κ2) is 2.45. The summed E-state index contributed by atoms with van der Waals surface area (Å²) in [4.78, 5) is 10.7. The van der Waals surface area contributed by atoms with E-state index in [0.29, 0.717) is 6.42 Å². The zero-order chi connectivity index (χ0) is 7.61. The topological polar surface area (TPSA) is 26.3 Å². The normalized spacial score (nSPS) is 33.2. The van der Waals surface area contributed by atoms with Gasteiger partial charge in [-0.05, 0) is 19.9 Å². The molecule has 0 radical (unpaired) electrons. The Morgan fingerprint density at radius 1 is 1.70 bits per heavy atom. The van der Waals surface area contributed by atoms with Gasteiger partial charge in [-0.25, -0.2) is 0 Å². The van der Waals surface area contributed by atoms with Crippen molar-refractivity contribution in [1.29, 1.82) is 0 Å². The van der Waals surface area contributed by atoms with Crippen LogP contribution >= 0.6 is 0 Å². The highest BCUT2D eigenvalue weighted by atomic mass is 16.6. The predicted molar refractivity (Wildman–Crippen MR) is 38.5 cm³/mol. The molecule has 1 saturated heterocycles. The van der Waals surface area contributed by atoms with Crippen LogP contribution in [0.4, 0.5) is 0 Å². The van der Waals surface area contributed by atoms with E-state index < -0.39 is 0 Å². The summed E-state index contributed by atoms with van der Waals surface area (Å²) in [5, 5.41) is 0. The van der Waals surface area contributed by atoms with Crippen molar-refractivity contribution in [2.45, 2.75) is 32.3 Å². The molecule has 10 heavy (non-hydrogen) atoms. The highest BCUT2D eigenvalue weighted by Crippen LogP contribution is 2.26. The Morgan fingerprint density at radius 3 is 2.80 bits per heavy atom.